The zero-order valence-electron chi connectivity index (χ0n) is 54.9. The molecule has 0 amide bonds. The van der Waals surface area contributed by atoms with Crippen LogP contribution in [0.2, 0.25) is 0 Å². The molecule has 0 aliphatic heterocycles. The van der Waals surface area contributed by atoms with Crippen molar-refractivity contribution in [3.05, 3.63) is 350 Å². The fourth-order valence-electron chi connectivity index (χ4n) is 14.8. The molecule has 0 unspecified atom stereocenters. The first-order valence-electron chi connectivity index (χ1n) is 33.5. The lowest BCUT2D eigenvalue weighted by Crippen LogP contribution is -2.15. The van der Waals surface area contributed by atoms with E-state index >= 15 is 0 Å². The van der Waals surface area contributed by atoms with Gasteiger partial charge >= 0.3 is 0 Å². The van der Waals surface area contributed by atoms with Gasteiger partial charge in [0.1, 0.15) is 0 Å². The van der Waals surface area contributed by atoms with Gasteiger partial charge in [0.15, 0.2) is 11.6 Å². The third kappa shape index (κ3) is 10.8. The Labute approximate surface area is 571 Å². The van der Waals surface area contributed by atoms with Gasteiger partial charge in [0, 0.05) is 69.0 Å². The molecule has 0 saturated carbocycles. The minimum Gasteiger partial charge on any atom is -0.265 e. The Kier molecular flexibility index (Phi) is 14.8. The third-order valence-electron chi connectivity index (χ3n) is 20.0. The van der Waals surface area contributed by atoms with Crippen LogP contribution in [0.25, 0.3) is 156 Å². The maximum atomic E-state index is 5.09. The molecular weight excluding hydrogens is 1190 g/mol. The Bertz CT molecular complexity index is 5680. The second-order valence-electron chi connectivity index (χ2n) is 26.6. The summed E-state index contributed by atoms with van der Waals surface area (Å²) in [6.07, 6.45) is 7.25. The highest BCUT2D eigenvalue weighted by molar-refractivity contribution is 6.03. The maximum Gasteiger partial charge on any atom is 0.160 e. The Balaban J connectivity index is 0.000000147. The second kappa shape index (κ2) is 24.4. The van der Waals surface area contributed by atoms with E-state index in [0.717, 1.165) is 67.3 Å². The van der Waals surface area contributed by atoms with Crippen molar-refractivity contribution >= 4 is 21.5 Å². The molecule has 16 aromatic rings. The maximum absolute atomic E-state index is 5.09. The molecule has 18 rings (SSSR count). The predicted octanol–water partition coefficient (Wildman–Crippen LogP) is 23.3. The number of rotatable bonds is 10. The lowest BCUT2D eigenvalue weighted by atomic mass is 9.80. The smallest absolute Gasteiger partial charge is 0.160 e. The molecule has 2 aliphatic carbocycles. The highest BCUT2D eigenvalue weighted by Gasteiger charge is 2.38. The summed E-state index contributed by atoms with van der Waals surface area (Å²) >= 11 is 0. The molecule has 6 nitrogen and oxygen atoms in total. The van der Waals surface area contributed by atoms with Gasteiger partial charge in [-0.15, -0.1) is 0 Å². The summed E-state index contributed by atoms with van der Waals surface area (Å²) in [5.41, 5.74) is 29.8. The summed E-state index contributed by atoms with van der Waals surface area (Å²) in [5.74, 6) is 1.38. The van der Waals surface area contributed by atoms with Crippen molar-refractivity contribution in [2.45, 2.75) is 38.5 Å². The van der Waals surface area contributed by atoms with E-state index in [0.29, 0.717) is 11.6 Å². The van der Waals surface area contributed by atoms with Gasteiger partial charge in [0.05, 0.1) is 22.8 Å². The van der Waals surface area contributed by atoms with E-state index in [1.807, 2.05) is 42.6 Å². The van der Waals surface area contributed by atoms with Crippen LogP contribution in [-0.4, -0.2) is 29.9 Å². The van der Waals surface area contributed by atoms with E-state index in [4.69, 9.17) is 19.9 Å². The number of hydrogen-bond donors (Lipinski definition) is 0. The van der Waals surface area contributed by atoms with Crippen LogP contribution in [0.5, 0.6) is 0 Å². The fraction of sp³-hybridized carbons (Fsp3) is 0.0652. The molecule has 0 spiro atoms. The lowest BCUT2D eigenvalue weighted by molar-refractivity contribution is 0.661. The molecule has 2 aliphatic rings. The summed E-state index contributed by atoms with van der Waals surface area (Å²) in [4.78, 5) is 28.8. The summed E-state index contributed by atoms with van der Waals surface area (Å²) in [7, 11) is 0. The average molecular weight is 1260 g/mol. The number of pyridine rings is 2. The molecule has 4 heterocycles. The van der Waals surface area contributed by atoms with Crippen molar-refractivity contribution in [2.75, 3.05) is 0 Å². The van der Waals surface area contributed by atoms with Crippen LogP contribution < -0.4 is 0 Å². The van der Waals surface area contributed by atoms with E-state index in [1.54, 1.807) is 18.6 Å². The number of benzene rings is 12. The minimum atomic E-state index is -0.0630. The number of aromatic nitrogens is 6. The van der Waals surface area contributed by atoms with Crippen LogP contribution in [0.1, 0.15) is 49.9 Å². The van der Waals surface area contributed by atoms with Crippen LogP contribution in [0.15, 0.2) is 328 Å². The minimum absolute atomic E-state index is 0.0454. The van der Waals surface area contributed by atoms with E-state index in [9.17, 15) is 0 Å². The third-order valence-corrected chi connectivity index (χ3v) is 20.0. The topological polar surface area (TPSA) is 77.3 Å². The van der Waals surface area contributed by atoms with Crippen LogP contribution in [0.3, 0.4) is 0 Å². The van der Waals surface area contributed by atoms with Gasteiger partial charge in [-0.3, -0.25) is 9.97 Å². The van der Waals surface area contributed by atoms with Crippen LogP contribution in [0.4, 0.5) is 0 Å². The van der Waals surface area contributed by atoms with Crippen molar-refractivity contribution in [1.29, 1.82) is 0 Å². The van der Waals surface area contributed by atoms with E-state index in [2.05, 4.69) is 305 Å². The monoisotopic (exact) mass is 1250 g/mol. The quantitative estimate of drug-likeness (QED) is 0.136. The standard InChI is InChI=1S/2C46H33N3/c1-46(2)41-25-23-36(27-40(41)39-24-22-33-11-6-7-13-38(33)44(39)46)32-14-18-34(19-15-32)42-28-43(37-12-8-26-47-29-37)49-45(48-42)35-20-16-31(17-21-35)30-9-4-3-5-10-30;1-46(2)40-22-21-37(28-39(40)44-38-11-7-6-10-33(38)20-23-41(44)46)32-12-16-34(17-13-32)42-29-43(35-24-26-47-27-25-35)49-45(48-42)36-18-14-31(15-19-36)30-8-4-3-5-9-30/h2*3-29H,1-2H3. The van der Waals surface area contributed by atoms with Gasteiger partial charge in [-0.1, -0.05) is 282 Å². The average Bonchev–Trinajstić information content (AvgIpc) is 1.57. The molecule has 0 N–H and O–H groups in total. The van der Waals surface area contributed by atoms with Gasteiger partial charge < -0.3 is 0 Å². The first-order valence-corrected chi connectivity index (χ1v) is 33.5. The lowest BCUT2D eigenvalue weighted by Gasteiger charge is -2.23. The molecule has 12 aromatic carbocycles. The molecule has 464 valence electrons. The van der Waals surface area contributed by atoms with E-state index < -0.39 is 0 Å². The highest BCUT2D eigenvalue weighted by atomic mass is 14.9. The first-order chi connectivity index (χ1) is 48.1. The van der Waals surface area contributed by atoms with Crippen molar-refractivity contribution in [3.63, 3.8) is 0 Å². The van der Waals surface area contributed by atoms with Gasteiger partial charge in [0.2, 0.25) is 0 Å². The summed E-state index contributed by atoms with van der Waals surface area (Å²) in [6.45, 7) is 9.39. The van der Waals surface area contributed by atoms with Crippen LogP contribution in [0, 0.1) is 0 Å². The van der Waals surface area contributed by atoms with Crippen molar-refractivity contribution < 1.29 is 0 Å². The van der Waals surface area contributed by atoms with Crippen molar-refractivity contribution in [1.82, 2.24) is 29.9 Å². The van der Waals surface area contributed by atoms with E-state index in [-0.39, 0.29) is 10.8 Å². The van der Waals surface area contributed by atoms with Gasteiger partial charge in [-0.25, -0.2) is 19.9 Å². The molecule has 0 atom stereocenters. The van der Waals surface area contributed by atoms with Gasteiger partial charge in [-0.2, -0.15) is 0 Å². The summed E-state index contributed by atoms with van der Waals surface area (Å²) in [5, 5.41) is 5.23. The molecule has 0 radical (unpaired) electrons. The molecule has 98 heavy (non-hydrogen) atoms. The summed E-state index contributed by atoms with van der Waals surface area (Å²) < 4.78 is 0. The molecule has 0 saturated heterocycles. The molecular formula is C92H66N6. The Hall–Kier alpha value is -12.4. The van der Waals surface area contributed by atoms with Crippen LogP contribution in [-0.2, 0) is 10.8 Å². The first kappa shape index (κ1) is 59.4. The largest absolute Gasteiger partial charge is 0.265 e. The zero-order valence-corrected chi connectivity index (χ0v) is 54.9. The SMILES string of the molecule is CC1(C)c2ccc(-c3ccc(-c4cc(-c5cccnc5)nc(-c5ccc(-c6ccccc6)cc5)n4)cc3)cc2-c2ccc3ccccc3c21.CC1(C)c2ccc(-c3ccc(-c4cc(-c5ccncc5)nc(-c5ccc(-c6ccccc6)cc5)n4)cc3)cc2-c2c1ccc1ccccc21. The van der Waals surface area contributed by atoms with Gasteiger partial charge in [-0.05, 0) is 159 Å². The van der Waals surface area contributed by atoms with E-state index in [1.165, 1.54) is 99.4 Å². The fourth-order valence-corrected chi connectivity index (χ4v) is 14.8. The second-order valence-corrected chi connectivity index (χ2v) is 26.6. The Morgan fingerprint density at radius 2 is 0.622 bits per heavy atom. The number of fused-ring (bicyclic) bond motifs is 10. The summed E-state index contributed by atoms with van der Waals surface area (Å²) in [6, 6.07) is 108. The molecule has 6 heteroatoms. The number of nitrogens with zero attached hydrogens (tertiary/aromatic N) is 6. The molecule has 4 aromatic heterocycles. The van der Waals surface area contributed by atoms with Crippen LogP contribution >= 0.6 is 0 Å². The van der Waals surface area contributed by atoms with Gasteiger partial charge in [0.25, 0.3) is 0 Å². The van der Waals surface area contributed by atoms with Crippen molar-refractivity contribution in [2.24, 2.45) is 0 Å². The Morgan fingerprint density at radius 3 is 1.15 bits per heavy atom. The zero-order chi connectivity index (χ0) is 65.9. The Morgan fingerprint density at radius 1 is 0.235 bits per heavy atom. The number of hydrogen-bond acceptors (Lipinski definition) is 6. The normalized spacial score (nSPS) is 12.9. The molecule has 0 bridgehead atoms. The molecule has 0 fully saturated rings. The van der Waals surface area contributed by atoms with Crippen molar-refractivity contribution in [3.8, 4) is 135 Å². The predicted molar refractivity (Wildman–Crippen MR) is 404 cm³/mol. The highest BCUT2D eigenvalue weighted by Crippen LogP contribution is 2.54.